The maximum absolute atomic E-state index is 9.45. The van der Waals surface area contributed by atoms with Crippen LogP contribution in [0.15, 0.2) is 0 Å². The number of aliphatic hydroxyl groups excluding tert-OH is 2. The van der Waals surface area contributed by atoms with E-state index in [-0.39, 0.29) is 13.2 Å². The third kappa shape index (κ3) is 10.0. The average molecular weight is 396 g/mol. The fourth-order valence-electron chi connectivity index (χ4n) is 3.96. The normalized spacial score (nSPS) is 11.4. The molecule has 164 valence electrons. The van der Waals surface area contributed by atoms with Gasteiger partial charge in [0.05, 0.1) is 31.3 Å². The first-order chi connectivity index (χ1) is 13.8. The number of nitrogens with two attached hydrogens (primary N) is 1. The highest BCUT2D eigenvalue weighted by atomic mass is 16.3. The van der Waals surface area contributed by atoms with Crippen LogP contribution in [0.3, 0.4) is 0 Å². The molecule has 0 saturated carbocycles. The molecular formula is C23H45N3O2. The first kappa shape index (κ1) is 25.1. The van der Waals surface area contributed by atoms with Crippen LogP contribution in [0.1, 0.15) is 120 Å². The Hall–Kier alpha value is -0.910. The van der Waals surface area contributed by atoms with Crippen molar-refractivity contribution in [1.29, 1.82) is 0 Å². The van der Waals surface area contributed by atoms with Crippen LogP contribution in [-0.4, -0.2) is 19.8 Å². The molecule has 5 heteroatoms. The molecule has 0 unspecified atom stereocenters. The molecule has 0 aliphatic carbocycles. The molecule has 0 radical (unpaired) electrons. The van der Waals surface area contributed by atoms with Crippen molar-refractivity contribution in [3.63, 3.8) is 0 Å². The second-order valence-electron chi connectivity index (χ2n) is 8.05. The number of nitrogens with zero attached hydrogens (tertiary/aromatic N) is 2. The maximum atomic E-state index is 9.45. The minimum absolute atomic E-state index is 0.126. The molecule has 0 amide bonds. The zero-order valence-electron chi connectivity index (χ0n) is 18.3. The number of aromatic nitrogens is 2. The van der Waals surface area contributed by atoms with Crippen molar-refractivity contribution >= 4 is 0 Å². The Kier molecular flexibility index (Phi) is 15.2. The Balaban J connectivity index is 1.98. The smallest absolute Gasteiger partial charge is 0.110 e. The van der Waals surface area contributed by atoms with Crippen LogP contribution >= 0.6 is 0 Å². The summed E-state index contributed by atoms with van der Waals surface area (Å²) in [6.07, 6.45) is 21.2. The summed E-state index contributed by atoms with van der Waals surface area (Å²) in [6, 6.07) is 0. The van der Waals surface area contributed by atoms with E-state index >= 15 is 0 Å². The van der Waals surface area contributed by atoms with E-state index in [2.05, 4.69) is 11.9 Å². The molecule has 0 fully saturated rings. The van der Waals surface area contributed by atoms with Crippen molar-refractivity contribution < 1.29 is 10.2 Å². The second kappa shape index (κ2) is 17.0. The van der Waals surface area contributed by atoms with E-state index in [4.69, 9.17) is 5.73 Å². The highest BCUT2D eigenvalue weighted by molar-refractivity contribution is 5.16. The van der Waals surface area contributed by atoms with Gasteiger partial charge in [-0.05, 0) is 6.42 Å². The lowest BCUT2D eigenvalue weighted by Gasteiger charge is -2.08. The molecule has 0 atom stereocenters. The second-order valence-corrected chi connectivity index (χ2v) is 8.05. The average Bonchev–Trinajstić information content (AvgIpc) is 3.07. The summed E-state index contributed by atoms with van der Waals surface area (Å²) >= 11 is 0. The molecule has 28 heavy (non-hydrogen) atoms. The minimum Gasteiger partial charge on any atom is -0.390 e. The lowest BCUT2D eigenvalue weighted by atomic mass is 10.0. The number of rotatable bonds is 19. The highest BCUT2D eigenvalue weighted by Crippen LogP contribution is 2.16. The van der Waals surface area contributed by atoms with Gasteiger partial charge in [0.15, 0.2) is 0 Å². The van der Waals surface area contributed by atoms with Gasteiger partial charge < -0.3 is 20.5 Å². The summed E-state index contributed by atoms with van der Waals surface area (Å²) < 4.78 is 1.84. The third-order valence-corrected chi connectivity index (χ3v) is 5.72. The zero-order chi connectivity index (χ0) is 20.5. The van der Waals surface area contributed by atoms with Gasteiger partial charge in [0.25, 0.3) is 0 Å². The van der Waals surface area contributed by atoms with Crippen LogP contribution in [0.2, 0.25) is 0 Å². The number of imidazole rings is 1. The van der Waals surface area contributed by atoms with Gasteiger partial charge in [-0.15, -0.1) is 0 Å². The number of aliphatic hydroxyl groups is 2. The molecular weight excluding hydrogens is 350 g/mol. The Labute approximate surface area is 172 Å². The SMILES string of the molecule is CCCCCCCCCCCCCCCCCc1nc(CO)c(CO)n1CN. The van der Waals surface area contributed by atoms with Gasteiger partial charge in [-0.1, -0.05) is 96.8 Å². The quantitative estimate of drug-likeness (QED) is 0.281. The standard InChI is InChI=1S/C23H45N3O2/c1-2-3-4-5-6-7-8-9-10-11-12-13-14-15-16-17-23-25-21(18-27)22(19-28)26(23)20-24/h27-28H,2-20,24H2,1H3. The summed E-state index contributed by atoms with van der Waals surface area (Å²) in [5.74, 6) is 0.894. The van der Waals surface area contributed by atoms with E-state index in [1.165, 1.54) is 89.9 Å². The minimum atomic E-state index is -0.144. The molecule has 0 bridgehead atoms. The van der Waals surface area contributed by atoms with Gasteiger partial charge in [-0.3, -0.25) is 0 Å². The Bertz CT molecular complexity index is 488. The number of hydrogen-bond donors (Lipinski definition) is 3. The number of aryl methyl sites for hydroxylation is 1. The lowest BCUT2D eigenvalue weighted by molar-refractivity contribution is 0.250. The van der Waals surface area contributed by atoms with Crippen LogP contribution in [0.25, 0.3) is 0 Å². The topological polar surface area (TPSA) is 84.3 Å². The molecule has 1 aromatic rings. The molecule has 1 heterocycles. The molecule has 0 aromatic carbocycles. The maximum Gasteiger partial charge on any atom is 0.110 e. The predicted octanol–water partition coefficient (Wildman–Crippen LogP) is 5.20. The Morgan fingerprint density at radius 3 is 1.57 bits per heavy atom. The molecule has 0 aliphatic rings. The van der Waals surface area contributed by atoms with Gasteiger partial charge in [0.1, 0.15) is 5.82 Å². The lowest BCUT2D eigenvalue weighted by Crippen LogP contribution is -2.14. The molecule has 1 aromatic heterocycles. The van der Waals surface area contributed by atoms with Gasteiger partial charge in [0, 0.05) is 6.42 Å². The van der Waals surface area contributed by atoms with E-state index in [1.54, 1.807) is 0 Å². The highest BCUT2D eigenvalue weighted by Gasteiger charge is 2.14. The molecule has 1 rings (SSSR count). The van der Waals surface area contributed by atoms with Crippen molar-refractivity contribution in [1.82, 2.24) is 9.55 Å². The van der Waals surface area contributed by atoms with Crippen LogP contribution < -0.4 is 5.73 Å². The summed E-state index contributed by atoms with van der Waals surface area (Å²) in [6.45, 7) is 2.31. The third-order valence-electron chi connectivity index (χ3n) is 5.72. The van der Waals surface area contributed by atoms with E-state index in [1.807, 2.05) is 4.57 Å². The predicted molar refractivity (Wildman–Crippen MR) is 117 cm³/mol. The van der Waals surface area contributed by atoms with Gasteiger partial charge in [-0.25, -0.2) is 4.98 Å². The first-order valence-corrected chi connectivity index (χ1v) is 11.8. The van der Waals surface area contributed by atoms with Crippen molar-refractivity contribution in [2.75, 3.05) is 0 Å². The van der Waals surface area contributed by atoms with Crippen LogP contribution in [-0.2, 0) is 26.3 Å². The Morgan fingerprint density at radius 1 is 0.714 bits per heavy atom. The largest absolute Gasteiger partial charge is 0.390 e. The molecule has 4 N–H and O–H groups in total. The van der Waals surface area contributed by atoms with E-state index in [9.17, 15) is 10.2 Å². The van der Waals surface area contributed by atoms with E-state index < -0.39 is 0 Å². The summed E-state index contributed by atoms with van der Waals surface area (Å²) in [5, 5.41) is 18.8. The zero-order valence-corrected chi connectivity index (χ0v) is 18.3. The molecule has 5 nitrogen and oxygen atoms in total. The fourth-order valence-corrected chi connectivity index (χ4v) is 3.96. The summed E-state index contributed by atoms with van der Waals surface area (Å²) in [7, 11) is 0. The van der Waals surface area contributed by atoms with Crippen molar-refractivity contribution in [2.45, 2.75) is 130 Å². The summed E-state index contributed by atoms with van der Waals surface area (Å²) in [5.41, 5.74) is 6.99. The van der Waals surface area contributed by atoms with Crippen LogP contribution in [0.5, 0.6) is 0 Å². The van der Waals surface area contributed by atoms with Gasteiger partial charge in [0.2, 0.25) is 0 Å². The molecule has 0 spiro atoms. The number of hydrogen-bond acceptors (Lipinski definition) is 4. The molecule has 0 aliphatic heterocycles. The Morgan fingerprint density at radius 2 is 1.18 bits per heavy atom. The monoisotopic (exact) mass is 395 g/mol. The summed E-state index contributed by atoms with van der Waals surface area (Å²) in [4.78, 5) is 4.45. The van der Waals surface area contributed by atoms with Crippen LogP contribution in [0, 0.1) is 0 Å². The van der Waals surface area contributed by atoms with Crippen molar-refractivity contribution in [2.24, 2.45) is 5.73 Å². The van der Waals surface area contributed by atoms with Gasteiger partial charge >= 0.3 is 0 Å². The van der Waals surface area contributed by atoms with Crippen molar-refractivity contribution in [3.05, 3.63) is 17.2 Å². The fraction of sp³-hybridized carbons (Fsp3) is 0.870. The number of unbranched alkanes of at least 4 members (excludes halogenated alkanes) is 14. The van der Waals surface area contributed by atoms with Crippen molar-refractivity contribution in [3.8, 4) is 0 Å². The van der Waals surface area contributed by atoms with Gasteiger partial charge in [-0.2, -0.15) is 0 Å². The van der Waals surface area contributed by atoms with Crippen LogP contribution in [0.4, 0.5) is 0 Å². The molecule has 0 saturated heterocycles. The van der Waals surface area contributed by atoms with E-state index in [0.717, 1.165) is 18.7 Å². The van der Waals surface area contributed by atoms with E-state index in [0.29, 0.717) is 18.1 Å². The first-order valence-electron chi connectivity index (χ1n) is 11.8.